The standard InChI is InChI=1S/C6H15N3O/c1-7-6(10)8-4-5-9(2)3/h4-5H2,1-3H3,(H2,7,8,10). The number of nitrogens with zero attached hydrogens (tertiary/aromatic N) is 1. The number of amides is 2. The van der Waals surface area contributed by atoms with Crippen molar-refractivity contribution in [2.75, 3.05) is 34.2 Å². The number of likely N-dealkylation sites (N-methyl/N-ethyl adjacent to an activating group) is 1. The highest BCUT2D eigenvalue weighted by Gasteiger charge is 1.93. The molecule has 0 heterocycles. The smallest absolute Gasteiger partial charge is 0.314 e. The highest BCUT2D eigenvalue weighted by Crippen LogP contribution is 1.69. The van der Waals surface area contributed by atoms with Crippen molar-refractivity contribution in [3.63, 3.8) is 0 Å². The van der Waals surface area contributed by atoms with E-state index in [1.54, 1.807) is 7.05 Å². The van der Waals surface area contributed by atoms with Gasteiger partial charge in [-0.2, -0.15) is 0 Å². The molecule has 0 aliphatic rings. The van der Waals surface area contributed by atoms with Gasteiger partial charge in [0.05, 0.1) is 0 Å². The first-order valence-corrected chi connectivity index (χ1v) is 3.27. The van der Waals surface area contributed by atoms with Crippen molar-refractivity contribution in [1.29, 1.82) is 0 Å². The van der Waals surface area contributed by atoms with Gasteiger partial charge in [0.15, 0.2) is 0 Å². The van der Waals surface area contributed by atoms with Crippen LogP contribution in [0.15, 0.2) is 0 Å². The maximum Gasteiger partial charge on any atom is 0.314 e. The molecule has 0 aromatic rings. The summed E-state index contributed by atoms with van der Waals surface area (Å²) in [5, 5.41) is 5.14. The van der Waals surface area contributed by atoms with Gasteiger partial charge in [-0.05, 0) is 14.1 Å². The third-order valence-electron chi connectivity index (χ3n) is 1.07. The zero-order chi connectivity index (χ0) is 7.98. The normalized spacial score (nSPS) is 9.60. The average molecular weight is 145 g/mol. The Balaban J connectivity index is 3.12. The molecule has 2 amide bonds. The van der Waals surface area contributed by atoms with Gasteiger partial charge in [0, 0.05) is 20.1 Å². The molecule has 0 aliphatic carbocycles. The van der Waals surface area contributed by atoms with E-state index in [0.717, 1.165) is 6.54 Å². The fourth-order valence-corrected chi connectivity index (χ4v) is 0.481. The Morgan fingerprint density at radius 3 is 2.50 bits per heavy atom. The van der Waals surface area contributed by atoms with Crippen molar-refractivity contribution in [3.05, 3.63) is 0 Å². The molecule has 4 nitrogen and oxygen atoms in total. The van der Waals surface area contributed by atoms with Crippen LogP contribution in [0.25, 0.3) is 0 Å². The van der Waals surface area contributed by atoms with E-state index in [1.807, 2.05) is 19.0 Å². The van der Waals surface area contributed by atoms with Crippen LogP contribution in [-0.2, 0) is 0 Å². The zero-order valence-electron chi connectivity index (χ0n) is 6.77. The molecule has 0 bridgehead atoms. The van der Waals surface area contributed by atoms with E-state index in [2.05, 4.69) is 10.6 Å². The van der Waals surface area contributed by atoms with Gasteiger partial charge in [-0.3, -0.25) is 0 Å². The summed E-state index contributed by atoms with van der Waals surface area (Å²) < 4.78 is 0. The van der Waals surface area contributed by atoms with Gasteiger partial charge >= 0.3 is 6.03 Å². The van der Waals surface area contributed by atoms with Gasteiger partial charge in [-0.25, -0.2) is 4.79 Å². The van der Waals surface area contributed by atoms with E-state index in [1.165, 1.54) is 0 Å². The number of hydrogen-bond donors (Lipinski definition) is 2. The number of carbonyl (C=O) groups is 1. The molecule has 10 heavy (non-hydrogen) atoms. The van der Waals surface area contributed by atoms with Crippen molar-refractivity contribution in [1.82, 2.24) is 15.5 Å². The van der Waals surface area contributed by atoms with Gasteiger partial charge in [0.2, 0.25) is 0 Å². The molecule has 0 spiro atoms. The Bertz CT molecular complexity index is 103. The molecule has 4 heteroatoms. The topological polar surface area (TPSA) is 44.4 Å². The van der Waals surface area contributed by atoms with Gasteiger partial charge in [0.25, 0.3) is 0 Å². The molecule has 0 unspecified atom stereocenters. The number of rotatable bonds is 3. The first-order chi connectivity index (χ1) is 4.66. The highest BCUT2D eigenvalue weighted by molar-refractivity contribution is 5.73. The van der Waals surface area contributed by atoms with Crippen LogP contribution in [0, 0.1) is 0 Å². The van der Waals surface area contributed by atoms with E-state index in [4.69, 9.17) is 0 Å². The van der Waals surface area contributed by atoms with Crippen LogP contribution >= 0.6 is 0 Å². The lowest BCUT2D eigenvalue weighted by Crippen LogP contribution is -2.37. The van der Waals surface area contributed by atoms with Crippen LogP contribution in [0.2, 0.25) is 0 Å². The molecule has 0 aromatic carbocycles. The highest BCUT2D eigenvalue weighted by atomic mass is 16.2. The predicted octanol–water partition coefficient (Wildman–Crippen LogP) is -0.523. The second kappa shape index (κ2) is 5.05. The summed E-state index contributed by atoms with van der Waals surface area (Å²) in [6.07, 6.45) is 0. The molecule has 0 atom stereocenters. The lowest BCUT2D eigenvalue weighted by molar-refractivity contribution is 0.241. The maximum atomic E-state index is 10.6. The van der Waals surface area contributed by atoms with E-state index in [0.29, 0.717) is 6.54 Å². The van der Waals surface area contributed by atoms with Crippen molar-refractivity contribution < 1.29 is 4.79 Å². The molecule has 0 saturated carbocycles. The lowest BCUT2D eigenvalue weighted by atomic mass is 10.6. The Hall–Kier alpha value is -0.770. The maximum absolute atomic E-state index is 10.6. The summed E-state index contributed by atoms with van der Waals surface area (Å²) in [4.78, 5) is 12.6. The fraction of sp³-hybridized carbons (Fsp3) is 0.833. The molecule has 0 saturated heterocycles. The van der Waals surface area contributed by atoms with Crippen LogP contribution < -0.4 is 10.6 Å². The minimum atomic E-state index is -0.123. The van der Waals surface area contributed by atoms with Gasteiger partial charge in [-0.15, -0.1) is 0 Å². The summed E-state index contributed by atoms with van der Waals surface area (Å²) in [5.41, 5.74) is 0. The Morgan fingerprint density at radius 2 is 2.10 bits per heavy atom. The quantitative estimate of drug-likeness (QED) is 0.561. The number of hydrogen-bond acceptors (Lipinski definition) is 2. The van der Waals surface area contributed by atoms with E-state index in [9.17, 15) is 4.79 Å². The van der Waals surface area contributed by atoms with Crippen LogP contribution in [0.1, 0.15) is 0 Å². The predicted molar refractivity (Wildman–Crippen MR) is 41.0 cm³/mol. The summed E-state index contributed by atoms with van der Waals surface area (Å²) in [7, 11) is 5.53. The SMILES string of the molecule is CNC(=O)NCCN(C)C. The van der Waals surface area contributed by atoms with E-state index in [-0.39, 0.29) is 6.03 Å². The zero-order valence-corrected chi connectivity index (χ0v) is 6.77. The number of urea groups is 1. The number of nitrogens with one attached hydrogen (secondary N) is 2. The monoisotopic (exact) mass is 145 g/mol. The van der Waals surface area contributed by atoms with Crippen LogP contribution in [0.5, 0.6) is 0 Å². The first-order valence-electron chi connectivity index (χ1n) is 3.27. The lowest BCUT2D eigenvalue weighted by Gasteiger charge is -2.09. The minimum absolute atomic E-state index is 0.123. The fourth-order valence-electron chi connectivity index (χ4n) is 0.481. The summed E-state index contributed by atoms with van der Waals surface area (Å²) in [6.45, 7) is 1.56. The molecule has 0 radical (unpaired) electrons. The van der Waals surface area contributed by atoms with Crippen molar-refractivity contribution in [2.24, 2.45) is 0 Å². The third-order valence-corrected chi connectivity index (χ3v) is 1.07. The second-order valence-electron chi connectivity index (χ2n) is 2.31. The van der Waals surface area contributed by atoms with Crippen molar-refractivity contribution >= 4 is 6.03 Å². The third kappa shape index (κ3) is 5.37. The van der Waals surface area contributed by atoms with Crippen molar-refractivity contribution in [3.8, 4) is 0 Å². The van der Waals surface area contributed by atoms with Gasteiger partial charge in [0.1, 0.15) is 0 Å². The molecular weight excluding hydrogens is 130 g/mol. The van der Waals surface area contributed by atoms with Gasteiger partial charge in [-0.1, -0.05) is 0 Å². The Labute approximate surface area is 61.6 Å². The first kappa shape index (κ1) is 9.23. The van der Waals surface area contributed by atoms with E-state index >= 15 is 0 Å². The van der Waals surface area contributed by atoms with Crippen LogP contribution in [-0.4, -0.2) is 45.2 Å². The Kier molecular flexibility index (Phi) is 4.66. The summed E-state index contributed by atoms with van der Waals surface area (Å²) >= 11 is 0. The average Bonchev–Trinajstić information content (AvgIpc) is 1.87. The molecule has 0 rings (SSSR count). The van der Waals surface area contributed by atoms with Crippen molar-refractivity contribution in [2.45, 2.75) is 0 Å². The molecule has 0 aliphatic heterocycles. The summed E-state index contributed by atoms with van der Waals surface area (Å²) in [5.74, 6) is 0. The molecule has 60 valence electrons. The van der Waals surface area contributed by atoms with Crippen LogP contribution in [0.4, 0.5) is 4.79 Å². The molecule has 0 fully saturated rings. The Morgan fingerprint density at radius 1 is 1.50 bits per heavy atom. The van der Waals surface area contributed by atoms with E-state index < -0.39 is 0 Å². The largest absolute Gasteiger partial charge is 0.341 e. The van der Waals surface area contributed by atoms with Gasteiger partial charge < -0.3 is 15.5 Å². The minimum Gasteiger partial charge on any atom is -0.341 e. The van der Waals surface area contributed by atoms with Crippen LogP contribution in [0.3, 0.4) is 0 Å². The summed E-state index contributed by atoms with van der Waals surface area (Å²) in [6, 6.07) is -0.123. The second-order valence-corrected chi connectivity index (χ2v) is 2.31. The molecule has 0 aromatic heterocycles. The molecule has 2 N–H and O–H groups in total. The molecular formula is C6H15N3O. The number of carbonyl (C=O) groups excluding carboxylic acids is 1.